The Kier molecular flexibility index (Phi) is 2.47. The van der Waals surface area contributed by atoms with Gasteiger partial charge in [-0.15, -0.1) is 0 Å². The summed E-state index contributed by atoms with van der Waals surface area (Å²) in [6.45, 7) is 2.48. The quantitative estimate of drug-likeness (QED) is 0.471. The number of hydrogen-bond acceptors (Lipinski definition) is 2. The summed E-state index contributed by atoms with van der Waals surface area (Å²) in [6, 6.07) is 0. The van der Waals surface area contributed by atoms with Crippen LogP contribution in [0.3, 0.4) is 0 Å². The van der Waals surface area contributed by atoms with Crippen LogP contribution in [-0.4, -0.2) is 35.0 Å². The molecule has 0 aromatic carbocycles. The first-order chi connectivity index (χ1) is 5.63. The van der Waals surface area contributed by atoms with Gasteiger partial charge >= 0.3 is 5.97 Å². The van der Waals surface area contributed by atoms with E-state index in [9.17, 15) is 9.59 Å². The Hall–Kier alpha value is -1.32. The minimum Gasteiger partial charge on any atom is -0.481 e. The van der Waals surface area contributed by atoms with Crippen LogP contribution in [0, 0.1) is 5.92 Å². The SMILES string of the molecule is CC(C(=O)O)C(=O)N1CC=CC1. The predicted molar refractivity (Wildman–Crippen MR) is 42.5 cm³/mol. The highest BCUT2D eigenvalue weighted by atomic mass is 16.4. The van der Waals surface area contributed by atoms with Gasteiger partial charge in [-0.05, 0) is 6.92 Å². The number of carbonyl (C=O) groups is 2. The molecule has 0 fully saturated rings. The third-order valence-electron chi connectivity index (χ3n) is 1.87. The van der Waals surface area contributed by atoms with Gasteiger partial charge in [0.05, 0.1) is 0 Å². The monoisotopic (exact) mass is 169 g/mol. The topological polar surface area (TPSA) is 57.6 Å². The van der Waals surface area contributed by atoms with Crippen molar-refractivity contribution >= 4 is 11.9 Å². The highest BCUT2D eigenvalue weighted by Crippen LogP contribution is 2.06. The maximum atomic E-state index is 11.3. The Balaban J connectivity index is 2.52. The van der Waals surface area contributed by atoms with Crippen molar-refractivity contribution in [2.45, 2.75) is 6.92 Å². The van der Waals surface area contributed by atoms with Gasteiger partial charge in [-0.1, -0.05) is 12.2 Å². The molecule has 0 saturated heterocycles. The number of nitrogens with zero attached hydrogens (tertiary/aromatic N) is 1. The minimum absolute atomic E-state index is 0.312. The highest BCUT2D eigenvalue weighted by molar-refractivity contribution is 5.96. The van der Waals surface area contributed by atoms with Crippen LogP contribution >= 0.6 is 0 Å². The fourth-order valence-electron chi connectivity index (χ4n) is 1.04. The molecule has 0 aromatic heterocycles. The summed E-state index contributed by atoms with van der Waals surface area (Å²) in [7, 11) is 0. The molecule has 1 amide bonds. The van der Waals surface area contributed by atoms with Crippen molar-refractivity contribution in [2.24, 2.45) is 5.92 Å². The van der Waals surface area contributed by atoms with Crippen molar-refractivity contribution in [3.8, 4) is 0 Å². The lowest BCUT2D eigenvalue weighted by Gasteiger charge is -2.17. The molecule has 4 heteroatoms. The van der Waals surface area contributed by atoms with Gasteiger partial charge in [-0.25, -0.2) is 0 Å². The van der Waals surface area contributed by atoms with E-state index in [0.29, 0.717) is 13.1 Å². The van der Waals surface area contributed by atoms with Crippen molar-refractivity contribution in [1.29, 1.82) is 0 Å². The molecule has 0 aromatic rings. The van der Waals surface area contributed by atoms with Crippen LogP contribution in [0.15, 0.2) is 12.2 Å². The van der Waals surface area contributed by atoms with E-state index < -0.39 is 11.9 Å². The zero-order valence-electron chi connectivity index (χ0n) is 6.86. The zero-order valence-corrected chi connectivity index (χ0v) is 6.86. The van der Waals surface area contributed by atoms with Crippen molar-refractivity contribution in [3.63, 3.8) is 0 Å². The summed E-state index contributed by atoms with van der Waals surface area (Å²) in [6.07, 6.45) is 3.71. The normalized spacial score (nSPS) is 17.9. The van der Waals surface area contributed by atoms with Crippen molar-refractivity contribution in [3.05, 3.63) is 12.2 Å². The maximum absolute atomic E-state index is 11.3. The van der Waals surface area contributed by atoms with Crippen LogP contribution < -0.4 is 0 Å². The second-order valence-corrected chi connectivity index (χ2v) is 2.77. The first-order valence-electron chi connectivity index (χ1n) is 3.79. The third kappa shape index (κ3) is 1.64. The molecule has 0 bridgehead atoms. The van der Waals surface area contributed by atoms with Gasteiger partial charge < -0.3 is 10.0 Å². The highest BCUT2D eigenvalue weighted by Gasteiger charge is 2.25. The summed E-state index contributed by atoms with van der Waals surface area (Å²) in [4.78, 5) is 23.2. The van der Waals surface area contributed by atoms with Crippen molar-refractivity contribution < 1.29 is 14.7 Å². The lowest BCUT2D eigenvalue weighted by molar-refractivity contribution is -0.149. The first kappa shape index (κ1) is 8.77. The average molecular weight is 169 g/mol. The second-order valence-electron chi connectivity index (χ2n) is 2.77. The largest absolute Gasteiger partial charge is 0.481 e. The molecule has 1 N–H and O–H groups in total. The second kappa shape index (κ2) is 3.38. The lowest BCUT2D eigenvalue weighted by atomic mass is 10.1. The number of amides is 1. The molecular formula is C8H11NO3. The summed E-state index contributed by atoms with van der Waals surface area (Å²) in [5, 5.41) is 8.54. The summed E-state index contributed by atoms with van der Waals surface area (Å²) < 4.78 is 0. The zero-order chi connectivity index (χ0) is 9.14. The first-order valence-corrected chi connectivity index (χ1v) is 3.79. The number of aliphatic carboxylic acids is 1. The Labute approximate surface area is 70.5 Å². The summed E-state index contributed by atoms with van der Waals surface area (Å²) in [5.74, 6) is -2.30. The fraction of sp³-hybridized carbons (Fsp3) is 0.500. The van der Waals surface area contributed by atoms with E-state index in [1.165, 1.54) is 11.8 Å². The maximum Gasteiger partial charge on any atom is 0.315 e. The molecule has 0 radical (unpaired) electrons. The van der Waals surface area contributed by atoms with E-state index in [-0.39, 0.29) is 5.91 Å². The van der Waals surface area contributed by atoms with Crippen molar-refractivity contribution in [2.75, 3.05) is 13.1 Å². The number of hydrogen-bond donors (Lipinski definition) is 1. The molecule has 4 nitrogen and oxygen atoms in total. The van der Waals surface area contributed by atoms with Crippen LogP contribution in [0.4, 0.5) is 0 Å². The lowest BCUT2D eigenvalue weighted by Crippen LogP contribution is -2.36. The van der Waals surface area contributed by atoms with E-state index in [4.69, 9.17) is 5.11 Å². The molecule has 0 spiro atoms. The van der Waals surface area contributed by atoms with E-state index in [1.54, 1.807) is 0 Å². The molecule has 1 rings (SSSR count). The van der Waals surface area contributed by atoms with E-state index in [0.717, 1.165) is 0 Å². The molecular weight excluding hydrogens is 158 g/mol. The van der Waals surface area contributed by atoms with Gasteiger partial charge in [-0.3, -0.25) is 9.59 Å². The summed E-state index contributed by atoms with van der Waals surface area (Å²) in [5.41, 5.74) is 0. The van der Waals surface area contributed by atoms with Crippen LogP contribution in [0.25, 0.3) is 0 Å². The van der Waals surface area contributed by atoms with Gasteiger partial charge in [-0.2, -0.15) is 0 Å². The molecule has 1 aliphatic heterocycles. The molecule has 1 atom stereocenters. The minimum atomic E-state index is -1.06. The summed E-state index contributed by atoms with van der Waals surface area (Å²) >= 11 is 0. The number of carboxylic acids is 1. The molecule has 0 saturated carbocycles. The Bertz CT molecular complexity index is 226. The molecule has 12 heavy (non-hydrogen) atoms. The van der Waals surface area contributed by atoms with Gasteiger partial charge in [0.15, 0.2) is 0 Å². The average Bonchev–Trinajstić information content (AvgIpc) is 2.53. The van der Waals surface area contributed by atoms with Gasteiger partial charge in [0.1, 0.15) is 5.92 Å². The van der Waals surface area contributed by atoms with E-state index in [1.807, 2.05) is 12.2 Å². The molecule has 1 heterocycles. The van der Waals surface area contributed by atoms with E-state index in [2.05, 4.69) is 0 Å². The molecule has 1 unspecified atom stereocenters. The van der Waals surface area contributed by atoms with Crippen LogP contribution in [0.1, 0.15) is 6.92 Å². The Morgan fingerprint density at radius 3 is 2.33 bits per heavy atom. The van der Waals surface area contributed by atoms with Crippen LogP contribution in [0.2, 0.25) is 0 Å². The molecule has 0 aliphatic carbocycles. The molecule has 1 aliphatic rings. The van der Waals surface area contributed by atoms with Gasteiger partial charge in [0.2, 0.25) is 5.91 Å². The van der Waals surface area contributed by atoms with E-state index >= 15 is 0 Å². The standard InChI is InChI=1S/C8H11NO3/c1-6(8(11)12)7(10)9-4-2-3-5-9/h2-3,6H,4-5H2,1H3,(H,11,12). The van der Waals surface area contributed by atoms with Crippen molar-refractivity contribution in [1.82, 2.24) is 4.90 Å². The third-order valence-corrected chi connectivity index (χ3v) is 1.87. The predicted octanol–water partition coefficient (Wildman–Crippen LogP) is 0.105. The van der Waals surface area contributed by atoms with Gasteiger partial charge in [0, 0.05) is 13.1 Å². The number of rotatable bonds is 2. The fourth-order valence-corrected chi connectivity index (χ4v) is 1.04. The van der Waals surface area contributed by atoms with Crippen LogP contribution in [0.5, 0.6) is 0 Å². The van der Waals surface area contributed by atoms with Crippen LogP contribution in [-0.2, 0) is 9.59 Å². The smallest absolute Gasteiger partial charge is 0.315 e. The van der Waals surface area contributed by atoms with Gasteiger partial charge in [0.25, 0.3) is 0 Å². The molecule has 66 valence electrons. The number of carboxylic acid groups (broad SMARTS) is 1. The Morgan fingerprint density at radius 1 is 1.42 bits per heavy atom. The number of carbonyl (C=O) groups excluding carboxylic acids is 1. The Morgan fingerprint density at radius 2 is 1.92 bits per heavy atom.